The van der Waals surface area contributed by atoms with Gasteiger partial charge in [-0.15, -0.1) is 0 Å². The lowest BCUT2D eigenvalue weighted by molar-refractivity contribution is 0.0954. The SMILES string of the molecule is C[C@@H]1CN(C(=CC2CCCCN2)Nc2ccc(C(=O)NCCc3ccc(Cl)cc3Cl)cc2)CCN1. The van der Waals surface area contributed by atoms with Gasteiger partial charge in [0.15, 0.2) is 0 Å². The first kappa shape index (κ1) is 25.8. The number of piperazine rings is 1. The van der Waals surface area contributed by atoms with Gasteiger partial charge in [-0.1, -0.05) is 35.7 Å². The van der Waals surface area contributed by atoms with Crippen molar-refractivity contribution in [2.24, 2.45) is 0 Å². The largest absolute Gasteiger partial charge is 0.356 e. The normalized spacial score (nSPS) is 21.0. The van der Waals surface area contributed by atoms with Crippen LogP contribution in [0.2, 0.25) is 10.0 Å². The van der Waals surface area contributed by atoms with Crippen molar-refractivity contribution in [2.45, 2.75) is 44.7 Å². The van der Waals surface area contributed by atoms with Crippen LogP contribution < -0.4 is 21.3 Å². The maximum atomic E-state index is 12.6. The highest BCUT2D eigenvalue weighted by atomic mass is 35.5. The molecule has 0 bridgehead atoms. The topological polar surface area (TPSA) is 68.4 Å². The van der Waals surface area contributed by atoms with E-state index in [1.54, 1.807) is 6.07 Å². The summed E-state index contributed by atoms with van der Waals surface area (Å²) in [5, 5.41) is 15.0. The number of rotatable bonds is 8. The molecule has 2 aromatic carbocycles. The number of benzene rings is 2. The molecule has 0 spiro atoms. The smallest absolute Gasteiger partial charge is 0.251 e. The van der Waals surface area contributed by atoms with Gasteiger partial charge in [-0.05, 0) is 80.8 Å². The molecule has 0 radical (unpaired) electrons. The van der Waals surface area contributed by atoms with Crippen molar-refractivity contribution in [2.75, 3.05) is 38.0 Å². The van der Waals surface area contributed by atoms with Crippen molar-refractivity contribution in [3.05, 3.63) is 75.5 Å². The standard InChI is InChI=1S/C27H35Cl2N5O/c1-19-18-34(15-14-30-19)26(17-24-4-2-3-12-31-24)33-23-9-6-21(7-10-23)27(35)32-13-11-20-5-8-22(28)16-25(20)29/h5-10,16-17,19,24,30-31,33H,2-4,11-15,18H2,1H3,(H,32,35)/t19-,24?/m1/s1. The highest BCUT2D eigenvalue weighted by Crippen LogP contribution is 2.21. The minimum Gasteiger partial charge on any atom is -0.356 e. The molecule has 4 rings (SSSR count). The molecule has 2 aromatic rings. The molecular weight excluding hydrogens is 481 g/mol. The Morgan fingerprint density at radius 3 is 2.66 bits per heavy atom. The van der Waals surface area contributed by atoms with E-state index in [9.17, 15) is 4.79 Å². The van der Waals surface area contributed by atoms with E-state index in [1.807, 2.05) is 36.4 Å². The molecule has 8 heteroatoms. The Morgan fingerprint density at radius 1 is 1.11 bits per heavy atom. The third kappa shape index (κ3) is 7.61. The fourth-order valence-electron chi connectivity index (χ4n) is 4.58. The van der Waals surface area contributed by atoms with E-state index in [2.05, 4.69) is 39.2 Å². The first-order valence-corrected chi connectivity index (χ1v) is 13.3. The van der Waals surface area contributed by atoms with Crippen LogP contribution in [-0.4, -0.2) is 55.6 Å². The minimum absolute atomic E-state index is 0.0975. The van der Waals surface area contributed by atoms with Crippen LogP contribution in [0.3, 0.4) is 0 Å². The average Bonchev–Trinajstić information content (AvgIpc) is 2.86. The molecule has 2 aliphatic rings. The minimum atomic E-state index is -0.0975. The Bertz CT molecular complexity index is 1020. The van der Waals surface area contributed by atoms with E-state index in [0.717, 1.165) is 49.7 Å². The maximum Gasteiger partial charge on any atom is 0.251 e. The lowest BCUT2D eigenvalue weighted by Crippen LogP contribution is -2.50. The van der Waals surface area contributed by atoms with Crippen molar-refractivity contribution in [3.63, 3.8) is 0 Å². The van der Waals surface area contributed by atoms with Crippen LogP contribution in [0.4, 0.5) is 5.69 Å². The summed E-state index contributed by atoms with van der Waals surface area (Å²) in [5.74, 6) is 1.04. The van der Waals surface area contributed by atoms with Gasteiger partial charge in [0, 0.05) is 59.6 Å². The van der Waals surface area contributed by atoms with E-state index in [0.29, 0.717) is 40.7 Å². The first-order chi connectivity index (χ1) is 17.0. The van der Waals surface area contributed by atoms with E-state index >= 15 is 0 Å². The number of amides is 1. The van der Waals surface area contributed by atoms with Crippen molar-refractivity contribution in [3.8, 4) is 0 Å². The van der Waals surface area contributed by atoms with Gasteiger partial charge >= 0.3 is 0 Å². The summed E-state index contributed by atoms with van der Waals surface area (Å²) in [6.07, 6.45) is 6.64. The molecule has 1 unspecified atom stereocenters. The summed E-state index contributed by atoms with van der Waals surface area (Å²) in [4.78, 5) is 15.0. The summed E-state index contributed by atoms with van der Waals surface area (Å²) in [5.41, 5.74) is 2.57. The summed E-state index contributed by atoms with van der Waals surface area (Å²) in [6.45, 7) is 6.69. The van der Waals surface area contributed by atoms with Gasteiger partial charge in [-0.2, -0.15) is 0 Å². The molecule has 0 aromatic heterocycles. The molecule has 2 aliphatic heterocycles. The second-order valence-corrected chi connectivity index (χ2v) is 10.2. The fourth-order valence-corrected chi connectivity index (χ4v) is 5.08. The van der Waals surface area contributed by atoms with Crippen LogP contribution in [0.15, 0.2) is 54.4 Å². The van der Waals surface area contributed by atoms with Gasteiger partial charge in [0.05, 0.1) is 0 Å². The van der Waals surface area contributed by atoms with Crippen molar-refractivity contribution < 1.29 is 4.79 Å². The van der Waals surface area contributed by atoms with Gasteiger partial charge in [-0.3, -0.25) is 4.79 Å². The molecule has 4 N–H and O–H groups in total. The Hall–Kier alpha value is -2.25. The average molecular weight is 517 g/mol. The lowest BCUT2D eigenvalue weighted by atomic mass is 10.0. The number of nitrogens with one attached hydrogen (secondary N) is 4. The van der Waals surface area contributed by atoms with Crippen LogP contribution >= 0.6 is 23.2 Å². The zero-order valence-corrected chi connectivity index (χ0v) is 21.8. The van der Waals surface area contributed by atoms with Crippen LogP contribution in [0.25, 0.3) is 0 Å². The molecule has 188 valence electrons. The van der Waals surface area contributed by atoms with Gasteiger partial charge in [-0.25, -0.2) is 0 Å². The molecule has 0 aliphatic carbocycles. The van der Waals surface area contributed by atoms with Gasteiger partial charge in [0.1, 0.15) is 5.82 Å². The molecule has 2 atom stereocenters. The molecule has 2 heterocycles. The van der Waals surface area contributed by atoms with E-state index < -0.39 is 0 Å². The van der Waals surface area contributed by atoms with Crippen molar-refractivity contribution in [1.82, 2.24) is 20.9 Å². The predicted octanol–water partition coefficient (Wildman–Crippen LogP) is 4.66. The van der Waals surface area contributed by atoms with Crippen LogP contribution in [0.1, 0.15) is 42.1 Å². The Balaban J connectivity index is 1.36. The molecule has 1 amide bonds. The molecule has 35 heavy (non-hydrogen) atoms. The van der Waals surface area contributed by atoms with E-state index in [4.69, 9.17) is 23.2 Å². The highest BCUT2D eigenvalue weighted by Gasteiger charge is 2.20. The molecule has 6 nitrogen and oxygen atoms in total. The van der Waals surface area contributed by atoms with Crippen molar-refractivity contribution in [1.29, 1.82) is 0 Å². The van der Waals surface area contributed by atoms with Gasteiger partial charge in [0.2, 0.25) is 0 Å². The fraction of sp³-hybridized carbons (Fsp3) is 0.444. The predicted molar refractivity (Wildman–Crippen MR) is 145 cm³/mol. The number of anilines is 1. The van der Waals surface area contributed by atoms with Crippen LogP contribution in [-0.2, 0) is 6.42 Å². The monoisotopic (exact) mass is 515 g/mol. The quantitative estimate of drug-likeness (QED) is 0.411. The highest BCUT2D eigenvalue weighted by molar-refractivity contribution is 6.35. The number of hydrogen-bond donors (Lipinski definition) is 4. The first-order valence-electron chi connectivity index (χ1n) is 12.5. The van der Waals surface area contributed by atoms with Crippen LogP contribution in [0.5, 0.6) is 0 Å². The maximum absolute atomic E-state index is 12.6. The second kappa shape index (κ2) is 12.6. The van der Waals surface area contributed by atoms with E-state index in [1.165, 1.54) is 12.8 Å². The molecule has 0 saturated carbocycles. The molecule has 2 fully saturated rings. The molecular formula is C27H35Cl2N5O. The summed E-state index contributed by atoms with van der Waals surface area (Å²) in [7, 11) is 0. The zero-order chi connectivity index (χ0) is 24.6. The number of piperidine rings is 1. The number of carbonyl (C=O) groups excluding carboxylic acids is 1. The third-order valence-corrected chi connectivity index (χ3v) is 7.12. The van der Waals surface area contributed by atoms with Crippen molar-refractivity contribution >= 4 is 34.8 Å². The Kier molecular flexibility index (Phi) is 9.32. The van der Waals surface area contributed by atoms with Gasteiger partial charge < -0.3 is 26.2 Å². The zero-order valence-electron chi connectivity index (χ0n) is 20.2. The molecule has 2 saturated heterocycles. The second-order valence-electron chi connectivity index (χ2n) is 9.35. The third-order valence-electron chi connectivity index (χ3n) is 6.53. The summed E-state index contributed by atoms with van der Waals surface area (Å²) < 4.78 is 0. The number of carbonyl (C=O) groups is 1. The number of hydrogen-bond acceptors (Lipinski definition) is 5. The summed E-state index contributed by atoms with van der Waals surface area (Å²) >= 11 is 12.2. The Morgan fingerprint density at radius 2 is 1.94 bits per heavy atom. The Labute approximate surface area is 218 Å². The lowest BCUT2D eigenvalue weighted by Gasteiger charge is -2.36. The number of nitrogens with zero attached hydrogens (tertiary/aromatic N) is 1. The van der Waals surface area contributed by atoms with Crippen LogP contribution in [0, 0.1) is 0 Å². The van der Waals surface area contributed by atoms with Gasteiger partial charge in [0.25, 0.3) is 5.91 Å². The number of halogens is 2. The summed E-state index contributed by atoms with van der Waals surface area (Å²) in [6, 6.07) is 13.9. The van der Waals surface area contributed by atoms with E-state index in [-0.39, 0.29) is 5.91 Å².